The van der Waals surface area contributed by atoms with E-state index in [-0.39, 0.29) is 24.0 Å². The fourth-order valence-corrected chi connectivity index (χ4v) is 4.40. The molecule has 0 saturated heterocycles. The Labute approximate surface area is 182 Å². The smallest absolute Gasteiger partial charge is 0.411 e. The summed E-state index contributed by atoms with van der Waals surface area (Å²) >= 11 is 0. The van der Waals surface area contributed by atoms with Gasteiger partial charge in [0.25, 0.3) is 11.8 Å². The molecule has 1 heterocycles. The van der Waals surface area contributed by atoms with E-state index in [1.54, 1.807) is 24.3 Å². The van der Waals surface area contributed by atoms with Crippen LogP contribution in [0.4, 0.5) is 10.5 Å². The monoisotopic (exact) mass is 420 g/mol. The van der Waals surface area contributed by atoms with E-state index in [2.05, 4.69) is 12.2 Å². The van der Waals surface area contributed by atoms with Gasteiger partial charge in [-0.3, -0.25) is 19.8 Å². The topological polar surface area (TPSA) is 75.7 Å². The minimum absolute atomic E-state index is 0.147. The van der Waals surface area contributed by atoms with E-state index in [0.717, 1.165) is 19.3 Å². The molecule has 0 atom stereocenters. The van der Waals surface area contributed by atoms with Gasteiger partial charge in [-0.25, -0.2) is 4.79 Å². The standard InChI is InChI=1S/C25H28N2O4/c1-2-3-6-17-9-11-18(12-10-17)26-25(30)31-20-15-13-19(14-16-20)27-23(28)21-7-4-5-8-22(21)24(27)29/h4-5,7-12,19-20H,2-3,6,13-16H2,1H3,(H,26,30). The molecule has 4 rings (SSSR count). The molecule has 31 heavy (non-hydrogen) atoms. The van der Waals surface area contributed by atoms with E-state index in [9.17, 15) is 14.4 Å². The largest absolute Gasteiger partial charge is 0.446 e. The van der Waals surface area contributed by atoms with Crippen molar-refractivity contribution in [3.8, 4) is 0 Å². The van der Waals surface area contributed by atoms with Gasteiger partial charge in [-0.15, -0.1) is 0 Å². The molecule has 0 bridgehead atoms. The minimum Gasteiger partial charge on any atom is -0.446 e. The summed E-state index contributed by atoms with van der Waals surface area (Å²) in [5, 5.41) is 2.79. The molecule has 2 aromatic rings. The van der Waals surface area contributed by atoms with Gasteiger partial charge in [-0.2, -0.15) is 0 Å². The molecule has 1 aliphatic carbocycles. The minimum atomic E-state index is -0.467. The molecular formula is C25H28N2O4. The highest BCUT2D eigenvalue weighted by atomic mass is 16.6. The van der Waals surface area contributed by atoms with E-state index >= 15 is 0 Å². The van der Waals surface area contributed by atoms with Crippen LogP contribution in [0, 0.1) is 0 Å². The van der Waals surface area contributed by atoms with E-state index in [1.807, 2.05) is 24.3 Å². The average Bonchev–Trinajstić information content (AvgIpc) is 3.04. The van der Waals surface area contributed by atoms with Crippen molar-refractivity contribution in [1.29, 1.82) is 0 Å². The quantitative estimate of drug-likeness (QED) is 0.653. The normalized spacial score (nSPS) is 20.5. The first-order valence-electron chi connectivity index (χ1n) is 11.1. The van der Waals surface area contributed by atoms with Crippen LogP contribution in [0.25, 0.3) is 0 Å². The first-order chi connectivity index (χ1) is 15.1. The number of unbranched alkanes of at least 4 members (excludes halogenated alkanes) is 1. The van der Waals surface area contributed by atoms with Gasteiger partial charge in [0.05, 0.1) is 11.1 Å². The maximum Gasteiger partial charge on any atom is 0.411 e. The lowest BCUT2D eigenvalue weighted by atomic mass is 9.92. The van der Waals surface area contributed by atoms with E-state index in [1.165, 1.54) is 10.5 Å². The molecule has 1 N–H and O–H groups in total. The number of rotatable bonds is 6. The first-order valence-corrected chi connectivity index (χ1v) is 11.1. The molecule has 1 saturated carbocycles. The zero-order valence-electron chi connectivity index (χ0n) is 17.8. The van der Waals surface area contributed by atoms with Crippen LogP contribution in [0.2, 0.25) is 0 Å². The summed E-state index contributed by atoms with van der Waals surface area (Å²) in [6.07, 6.45) is 5.19. The number of amides is 3. The molecule has 0 radical (unpaired) electrons. The Morgan fingerprint density at radius 2 is 1.58 bits per heavy atom. The number of fused-ring (bicyclic) bond motifs is 1. The Bertz CT molecular complexity index is 927. The average molecular weight is 421 g/mol. The van der Waals surface area contributed by atoms with Crippen LogP contribution in [0.1, 0.15) is 71.7 Å². The summed E-state index contributed by atoms with van der Waals surface area (Å²) in [6.45, 7) is 2.17. The van der Waals surface area contributed by atoms with Crippen LogP contribution < -0.4 is 5.32 Å². The van der Waals surface area contributed by atoms with Crippen LogP contribution in [0.3, 0.4) is 0 Å². The molecule has 6 heteroatoms. The highest BCUT2D eigenvalue weighted by molar-refractivity contribution is 6.21. The Morgan fingerprint density at radius 3 is 2.16 bits per heavy atom. The van der Waals surface area contributed by atoms with Crippen LogP contribution >= 0.6 is 0 Å². The number of carbonyl (C=O) groups is 3. The van der Waals surface area contributed by atoms with Crippen LogP contribution in [-0.4, -0.2) is 35.0 Å². The number of nitrogens with one attached hydrogen (secondary N) is 1. The molecule has 0 spiro atoms. The van der Waals surface area contributed by atoms with Gasteiger partial charge in [0, 0.05) is 11.7 Å². The van der Waals surface area contributed by atoms with Gasteiger partial charge >= 0.3 is 6.09 Å². The number of anilines is 1. The van der Waals surface area contributed by atoms with Crippen LogP contribution in [0.15, 0.2) is 48.5 Å². The lowest BCUT2D eigenvalue weighted by molar-refractivity contribution is 0.0402. The summed E-state index contributed by atoms with van der Waals surface area (Å²) in [7, 11) is 0. The molecule has 1 aliphatic heterocycles. The molecule has 6 nitrogen and oxygen atoms in total. The molecule has 2 aliphatic rings. The summed E-state index contributed by atoms with van der Waals surface area (Å²) in [5.41, 5.74) is 2.93. The summed E-state index contributed by atoms with van der Waals surface area (Å²) in [6, 6.07) is 14.6. The summed E-state index contributed by atoms with van der Waals surface area (Å²) < 4.78 is 5.58. The van der Waals surface area contributed by atoms with Gasteiger partial charge in [0.15, 0.2) is 0 Å². The first kappa shape index (κ1) is 21.1. The Balaban J connectivity index is 1.26. The second-order valence-corrected chi connectivity index (χ2v) is 8.29. The second kappa shape index (κ2) is 9.33. The molecule has 162 valence electrons. The number of hydrogen-bond acceptors (Lipinski definition) is 4. The van der Waals surface area contributed by atoms with Crippen LogP contribution in [0.5, 0.6) is 0 Å². The van der Waals surface area contributed by atoms with Gasteiger partial charge in [-0.1, -0.05) is 37.6 Å². The predicted molar refractivity (Wildman–Crippen MR) is 118 cm³/mol. The fraction of sp³-hybridized carbons (Fsp3) is 0.400. The van der Waals surface area contributed by atoms with Gasteiger partial charge < -0.3 is 4.74 Å². The Kier molecular flexibility index (Phi) is 6.35. The van der Waals surface area contributed by atoms with Crippen LogP contribution in [-0.2, 0) is 11.2 Å². The predicted octanol–water partition coefficient (Wildman–Crippen LogP) is 5.19. The highest BCUT2D eigenvalue weighted by Crippen LogP contribution is 2.32. The number of aryl methyl sites for hydroxylation is 1. The maximum atomic E-state index is 12.7. The number of hydrogen-bond donors (Lipinski definition) is 1. The zero-order valence-corrected chi connectivity index (χ0v) is 17.8. The summed E-state index contributed by atoms with van der Waals surface area (Å²) in [5.74, 6) is -0.435. The molecule has 0 aromatic heterocycles. The molecule has 2 aromatic carbocycles. The fourth-order valence-electron chi connectivity index (χ4n) is 4.40. The molecular weight excluding hydrogens is 392 g/mol. The maximum absolute atomic E-state index is 12.7. The van der Waals surface area contributed by atoms with Crippen molar-refractivity contribution in [2.24, 2.45) is 0 Å². The van der Waals surface area contributed by atoms with E-state index in [4.69, 9.17) is 4.74 Å². The van der Waals surface area contributed by atoms with Gasteiger partial charge in [-0.05, 0) is 68.4 Å². The Morgan fingerprint density at radius 1 is 0.968 bits per heavy atom. The van der Waals surface area contributed by atoms with E-state index < -0.39 is 6.09 Å². The van der Waals surface area contributed by atoms with Crippen molar-refractivity contribution in [3.05, 3.63) is 65.2 Å². The van der Waals surface area contributed by atoms with Crippen molar-refractivity contribution in [3.63, 3.8) is 0 Å². The SMILES string of the molecule is CCCCc1ccc(NC(=O)OC2CCC(N3C(=O)c4ccccc4C3=O)CC2)cc1. The third-order valence-electron chi connectivity index (χ3n) is 6.13. The number of carbonyl (C=O) groups excluding carboxylic acids is 3. The lowest BCUT2D eigenvalue weighted by Crippen LogP contribution is -2.43. The Hall–Kier alpha value is -3.15. The van der Waals surface area contributed by atoms with Crippen molar-refractivity contribution in [2.45, 2.75) is 64.0 Å². The summed E-state index contributed by atoms with van der Waals surface area (Å²) in [4.78, 5) is 39.0. The molecule has 3 amide bonds. The third-order valence-corrected chi connectivity index (χ3v) is 6.13. The molecule has 1 fully saturated rings. The van der Waals surface area contributed by atoms with Crippen molar-refractivity contribution < 1.29 is 19.1 Å². The number of imide groups is 1. The van der Waals surface area contributed by atoms with Gasteiger partial charge in [0.2, 0.25) is 0 Å². The third kappa shape index (κ3) is 4.63. The van der Waals surface area contributed by atoms with E-state index in [0.29, 0.717) is 42.5 Å². The van der Waals surface area contributed by atoms with Crippen molar-refractivity contribution in [2.75, 3.05) is 5.32 Å². The molecule has 0 unspecified atom stereocenters. The van der Waals surface area contributed by atoms with Gasteiger partial charge in [0.1, 0.15) is 6.10 Å². The highest BCUT2D eigenvalue weighted by Gasteiger charge is 2.41. The number of benzene rings is 2. The lowest BCUT2D eigenvalue weighted by Gasteiger charge is -2.33. The number of ether oxygens (including phenoxy) is 1. The second-order valence-electron chi connectivity index (χ2n) is 8.29. The van der Waals surface area contributed by atoms with Crippen molar-refractivity contribution in [1.82, 2.24) is 4.90 Å². The van der Waals surface area contributed by atoms with Crippen molar-refractivity contribution >= 4 is 23.6 Å². The zero-order chi connectivity index (χ0) is 21.8. The number of nitrogens with zero attached hydrogens (tertiary/aromatic N) is 1.